The summed E-state index contributed by atoms with van der Waals surface area (Å²) in [5.74, 6) is 1.72. The van der Waals surface area contributed by atoms with Crippen LogP contribution in [0.4, 0.5) is 5.95 Å². The van der Waals surface area contributed by atoms with Crippen molar-refractivity contribution in [2.75, 3.05) is 12.4 Å². The van der Waals surface area contributed by atoms with Crippen LogP contribution in [0.2, 0.25) is 0 Å². The van der Waals surface area contributed by atoms with E-state index in [0.29, 0.717) is 6.04 Å². The predicted octanol–water partition coefficient (Wildman–Crippen LogP) is 3.01. The number of benzene rings is 1. The zero-order valence-electron chi connectivity index (χ0n) is 11.3. The van der Waals surface area contributed by atoms with E-state index >= 15 is 0 Å². The molecule has 1 aromatic carbocycles. The lowest BCUT2D eigenvalue weighted by atomic mass is 10.3. The highest BCUT2D eigenvalue weighted by molar-refractivity contribution is 5.45. The van der Waals surface area contributed by atoms with Gasteiger partial charge in [0.25, 0.3) is 0 Å². The van der Waals surface area contributed by atoms with Gasteiger partial charge in [-0.25, -0.2) is 4.98 Å². The summed E-state index contributed by atoms with van der Waals surface area (Å²) in [5, 5.41) is 3.34. The number of hydrogen-bond acceptors (Lipinski definition) is 3. The summed E-state index contributed by atoms with van der Waals surface area (Å²) in [6.45, 7) is 6.19. The normalized spacial score (nSPS) is 10.7. The average Bonchev–Trinajstić information content (AvgIpc) is 2.69. The number of rotatable bonds is 4. The van der Waals surface area contributed by atoms with Gasteiger partial charge >= 0.3 is 0 Å². The van der Waals surface area contributed by atoms with Crippen LogP contribution in [0.5, 0.6) is 5.75 Å². The van der Waals surface area contributed by atoms with Crippen LogP contribution in [0, 0.1) is 6.92 Å². The third-order valence-corrected chi connectivity index (χ3v) is 2.59. The van der Waals surface area contributed by atoms with Crippen LogP contribution < -0.4 is 10.1 Å². The summed E-state index contributed by atoms with van der Waals surface area (Å²) in [7, 11) is 1.67. The molecule has 1 heterocycles. The molecule has 0 saturated carbocycles. The van der Waals surface area contributed by atoms with Gasteiger partial charge in [-0.3, -0.25) is 4.57 Å². The molecule has 96 valence electrons. The van der Waals surface area contributed by atoms with Gasteiger partial charge in [0, 0.05) is 17.9 Å². The molecule has 0 aliphatic rings. The summed E-state index contributed by atoms with van der Waals surface area (Å²) < 4.78 is 7.21. The molecule has 2 rings (SSSR count). The number of methoxy groups -OCH3 is 1. The fourth-order valence-corrected chi connectivity index (χ4v) is 1.80. The van der Waals surface area contributed by atoms with Crippen LogP contribution in [-0.4, -0.2) is 22.7 Å². The lowest BCUT2D eigenvalue weighted by Crippen LogP contribution is -2.13. The molecule has 0 fully saturated rings. The van der Waals surface area contributed by atoms with Crippen molar-refractivity contribution >= 4 is 5.95 Å². The Balaban J connectivity index is 2.36. The lowest BCUT2D eigenvalue weighted by molar-refractivity contribution is 0.415. The van der Waals surface area contributed by atoms with Gasteiger partial charge in [-0.1, -0.05) is 0 Å². The van der Waals surface area contributed by atoms with Gasteiger partial charge in [-0.05, 0) is 45.0 Å². The Bertz CT molecular complexity index is 514. The fourth-order valence-electron chi connectivity index (χ4n) is 1.80. The minimum Gasteiger partial charge on any atom is -0.497 e. The van der Waals surface area contributed by atoms with Crippen LogP contribution in [0.1, 0.15) is 19.5 Å². The molecule has 0 atom stereocenters. The largest absolute Gasteiger partial charge is 0.497 e. The number of aromatic nitrogens is 2. The van der Waals surface area contributed by atoms with Gasteiger partial charge in [-0.2, -0.15) is 0 Å². The van der Waals surface area contributed by atoms with E-state index in [1.165, 1.54) is 0 Å². The van der Waals surface area contributed by atoms with Crippen LogP contribution in [0.25, 0.3) is 5.69 Å². The SMILES string of the molecule is COc1ccc(-n2cc(C)nc2NC(C)C)cc1. The summed E-state index contributed by atoms with van der Waals surface area (Å²) in [5.41, 5.74) is 2.06. The molecule has 0 spiro atoms. The second kappa shape index (κ2) is 5.12. The molecule has 0 aliphatic heterocycles. The molecule has 0 unspecified atom stereocenters. The zero-order chi connectivity index (χ0) is 13.1. The van der Waals surface area contributed by atoms with E-state index in [4.69, 9.17) is 4.74 Å². The Hall–Kier alpha value is -1.97. The molecule has 4 nitrogen and oxygen atoms in total. The van der Waals surface area contributed by atoms with Gasteiger partial charge < -0.3 is 10.1 Å². The Kier molecular flexibility index (Phi) is 3.55. The Morgan fingerprint density at radius 1 is 1.22 bits per heavy atom. The topological polar surface area (TPSA) is 39.1 Å². The first kappa shape index (κ1) is 12.5. The monoisotopic (exact) mass is 245 g/mol. The maximum Gasteiger partial charge on any atom is 0.207 e. The molecule has 1 aromatic heterocycles. The first-order valence-electron chi connectivity index (χ1n) is 6.07. The van der Waals surface area contributed by atoms with E-state index in [1.54, 1.807) is 7.11 Å². The summed E-state index contributed by atoms with van der Waals surface area (Å²) in [6.07, 6.45) is 2.02. The number of ether oxygens (including phenoxy) is 1. The number of nitrogens with one attached hydrogen (secondary N) is 1. The van der Waals surface area contributed by atoms with E-state index in [9.17, 15) is 0 Å². The first-order valence-corrected chi connectivity index (χ1v) is 6.07. The second-order valence-corrected chi connectivity index (χ2v) is 4.57. The van der Waals surface area contributed by atoms with Crippen molar-refractivity contribution < 1.29 is 4.74 Å². The lowest BCUT2D eigenvalue weighted by Gasteiger charge is -2.12. The van der Waals surface area contributed by atoms with Gasteiger partial charge in [0.05, 0.1) is 12.8 Å². The Labute approximate surface area is 108 Å². The molecule has 0 amide bonds. The summed E-state index contributed by atoms with van der Waals surface area (Å²) in [6, 6.07) is 8.29. The van der Waals surface area contributed by atoms with E-state index in [-0.39, 0.29) is 0 Å². The zero-order valence-corrected chi connectivity index (χ0v) is 11.3. The second-order valence-electron chi connectivity index (χ2n) is 4.57. The number of imidazole rings is 1. The number of aryl methyl sites for hydroxylation is 1. The standard InChI is InChI=1S/C14H19N3O/c1-10(2)15-14-16-11(3)9-17(14)12-5-7-13(18-4)8-6-12/h5-10H,1-4H3,(H,15,16). The van der Waals surface area contributed by atoms with Crippen molar-refractivity contribution in [2.45, 2.75) is 26.8 Å². The van der Waals surface area contributed by atoms with E-state index < -0.39 is 0 Å². The van der Waals surface area contributed by atoms with E-state index in [0.717, 1.165) is 23.1 Å². The third-order valence-electron chi connectivity index (χ3n) is 2.59. The maximum atomic E-state index is 5.16. The smallest absolute Gasteiger partial charge is 0.207 e. The van der Waals surface area contributed by atoms with Gasteiger partial charge in [-0.15, -0.1) is 0 Å². The van der Waals surface area contributed by atoms with E-state index in [2.05, 4.69) is 28.7 Å². The van der Waals surface area contributed by atoms with Crippen molar-refractivity contribution in [1.29, 1.82) is 0 Å². The van der Waals surface area contributed by atoms with Gasteiger partial charge in [0.2, 0.25) is 5.95 Å². The number of hydrogen-bond donors (Lipinski definition) is 1. The van der Waals surface area contributed by atoms with Crippen molar-refractivity contribution in [3.05, 3.63) is 36.2 Å². The Morgan fingerprint density at radius 3 is 2.44 bits per heavy atom. The van der Waals surface area contributed by atoms with E-state index in [1.807, 2.05) is 37.4 Å². The van der Waals surface area contributed by atoms with Gasteiger partial charge in [0.15, 0.2) is 0 Å². The fraction of sp³-hybridized carbons (Fsp3) is 0.357. The first-order chi connectivity index (χ1) is 8.60. The Morgan fingerprint density at radius 2 is 1.89 bits per heavy atom. The van der Waals surface area contributed by atoms with Crippen molar-refractivity contribution in [2.24, 2.45) is 0 Å². The molecular weight excluding hydrogens is 226 g/mol. The van der Waals surface area contributed by atoms with Crippen LogP contribution in [0.15, 0.2) is 30.5 Å². The highest BCUT2D eigenvalue weighted by atomic mass is 16.5. The molecule has 18 heavy (non-hydrogen) atoms. The van der Waals surface area contributed by atoms with Crippen LogP contribution in [0.3, 0.4) is 0 Å². The molecule has 0 radical (unpaired) electrons. The molecule has 2 aromatic rings. The molecule has 1 N–H and O–H groups in total. The minimum absolute atomic E-state index is 0.351. The van der Waals surface area contributed by atoms with Crippen LogP contribution >= 0.6 is 0 Å². The third kappa shape index (κ3) is 2.64. The molecule has 4 heteroatoms. The number of nitrogens with zero attached hydrogens (tertiary/aromatic N) is 2. The molecule has 0 aliphatic carbocycles. The quantitative estimate of drug-likeness (QED) is 0.900. The van der Waals surface area contributed by atoms with Crippen LogP contribution in [-0.2, 0) is 0 Å². The average molecular weight is 245 g/mol. The van der Waals surface area contributed by atoms with Crippen molar-refractivity contribution in [3.8, 4) is 11.4 Å². The predicted molar refractivity (Wildman–Crippen MR) is 73.6 cm³/mol. The minimum atomic E-state index is 0.351. The highest BCUT2D eigenvalue weighted by Gasteiger charge is 2.08. The molecule has 0 bridgehead atoms. The maximum absolute atomic E-state index is 5.16. The van der Waals surface area contributed by atoms with Crippen molar-refractivity contribution in [3.63, 3.8) is 0 Å². The summed E-state index contributed by atoms with van der Waals surface area (Å²) in [4.78, 5) is 4.49. The van der Waals surface area contributed by atoms with Gasteiger partial charge in [0.1, 0.15) is 5.75 Å². The van der Waals surface area contributed by atoms with Crippen molar-refractivity contribution in [1.82, 2.24) is 9.55 Å². The molecular formula is C14H19N3O. The highest BCUT2D eigenvalue weighted by Crippen LogP contribution is 2.20. The summed E-state index contributed by atoms with van der Waals surface area (Å²) >= 11 is 0. The molecule has 0 saturated heterocycles. The number of anilines is 1.